The van der Waals surface area contributed by atoms with Gasteiger partial charge in [0, 0.05) is 24.5 Å². The van der Waals surface area contributed by atoms with Crippen molar-refractivity contribution in [3.05, 3.63) is 75.6 Å². The molecule has 0 aliphatic carbocycles. The summed E-state index contributed by atoms with van der Waals surface area (Å²) in [5.41, 5.74) is 2.53. The normalized spacial score (nSPS) is 13.2. The Morgan fingerprint density at radius 3 is 2.17 bits per heavy atom. The SMILES string of the molecule is COc1cccc2c(C)cc(=O)n(CCCCN3C(=O)c4ccccc4C3=O)c12. The van der Waals surface area contributed by atoms with Gasteiger partial charge in [-0.3, -0.25) is 19.3 Å². The summed E-state index contributed by atoms with van der Waals surface area (Å²) in [5, 5.41) is 0.976. The number of ether oxygens (including phenoxy) is 1. The predicted molar refractivity (Wildman–Crippen MR) is 111 cm³/mol. The molecule has 148 valence electrons. The van der Waals surface area contributed by atoms with Crippen LogP contribution in [0.5, 0.6) is 5.75 Å². The van der Waals surface area contributed by atoms with Gasteiger partial charge < -0.3 is 9.30 Å². The van der Waals surface area contributed by atoms with Crippen molar-refractivity contribution in [3.63, 3.8) is 0 Å². The van der Waals surface area contributed by atoms with Crippen molar-refractivity contribution in [1.29, 1.82) is 0 Å². The van der Waals surface area contributed by atoms with E-state index in [0.29, 0.717) is 42.8 Å². The largest absolute Gasteiger partial charge is 0.495 e. The molecular formula is C23H22N2O4. The van der Waals surface area contributed by atoms with E-state index < -0.39 is 0 Å². The molecule has 0 spiro atoms. The van der Waals surface area contributed by atoms with Crippen LogP contribution in [0.25, 0.3) is 10.9 Å². The average Bonchev–Trinajstić information content (AvgIpc) is 2.97. The van der Waals surface area contributed by atoms with Gasteiger partial charge in [-0.15, -0.1) is 0 Å². The number of aromatic nitrogens is 1. The Bertz CT molecular complexity index is 1140. The molecule has 6 nitrogen and oxygen atoms in total. The second-order valence-corrected chi connectivity index (χ2v) is 7.19. The van der Waals surface area contributed by atoms with Crippen LogP contribution in [0.3, 0.4) is 0 Å². The molecule has 0 bridgehead atoms. The number of imide groups is 1. The lowest BCUT2D eigenvalue weighted by molar-refractivity contribution is 0.0651. The minimum atomic E-state index is -0.245. The summed E-state index contributed by atoms with van der Waals surface area (Å²) < 4.78 is 7.18. The number of carbonyl (C=O) groups is 2. The smallest absolute Gasteiger partial charge is 0.261 e. The topological polar surface area (TPSA) is 68.6 Å². The summed E-state index contributed by atoms with van der Waals surface area (Å²) in [5.74, 6) is 0.166. The molecule has 0 saturated heterocycles. The average molecular weight is 390 g/mol. The highest BCUT2D eigenvalue weighted by Crippen LogP contribution is 2.27. The zero-order chi connectivity index (χ0) is 20.5. The molecule has 0 saturated carbocycles. The Morgan fingerprint density at radius 1 is 0.862 bits per heavy atom. The lowest BCUT2D eigenvalue weighted by Gasteiger charge is -2.16. The monoisotopic (exact) mass is 390 g/mol. The first-order valence-corrected chi connectivity index (χ1v) is 9.65. The minimum Gasteiger partial charge on any atom is -0.495 e. The molecule has 0 radical (unpaired) electrons. The molecule has 4 rings (SSSR count). The Hall–Kier alpha value is -3.41. The number of methoxy groups -OCH3 is 1. The number of benzene rings is 2. The second kappa shape index (κ2) is 7.54. The van der Waals surface area contributed by atoms with Gasteiger partial charge in [0.2, 0.25) is 0 Å². The number of nitrogens with zero attached hydrogens (tertiary/aromatic N) is 2. The van der Waals surface area contributed by atoms with Crippen molar-refractivity contribution in [1.82, 2.24) is 9.47 Å². The number of amides is 2. The van der Waals surface area contributed by atoms with E-state index in [1.54, 1.807) is 42.0 Å². The summed E-state index contributed by atoms with van der Waals surface area (Å²) in [6.07, 6.45) is 1.27. The number of unbranched alkanes of at least 4 members (excludes halogenated alkanes) is 1. The van der Waals surface area contributed by atoms with E-state index in [-0.39, 0.29) is 17.4 Å². The summed E-state index contributed by atoms with van der Waals surface area (Å²) in [4.78, 5) is 38.8. The van der Waals surface area contributed by atoms with Crippen LogP contribution in [0.4, 0.5) is 0 Å². The molecule has 0 fully saturated rings. The van der Waals surface area contributed by atoms with E-state index in [1.165, 1.54) is 4.90 Å². The molecular weight excluding hydrogens is 368 g/mol. The molecule has 1 aromatic heterocycles. The van der Waals surface area contributed by atoms with Gasteiger partial charge in [-0.2, -0.15) is 0 Å². The number of para-hydroxylation sites is 1. The van der Waals surface area contributed by atoms with Gasteiger partial charge in [0.25, 0.3) is 17.4 Å². The number of aryl methyl sites for hydroxylation is 2. The Balaban J connectivity index is 1.50. The molecule has 2 aromatic carbocycles. The van der Waals surface area contributed by atoms with Gasteiger partial charge in [-0.1, -0.05) is 24.3 Å². The first-order valence-electron chi connectivity index (χ1n) is 9.65. The van der Waals surface area contributed by atoms with Gasteiger partial charge >= 0.3 is 0 Å². The van der Waals surface area contributed by atoms with Gasteiger partial charge in [-0.05, 0) is 43.5 Å². The number of fused-ring (bicyclic) bond motifs is 2. The van der Waals surface area contributed by atoms with E-state index in [0.717, 1.165) is 16.5 Å². The van der Waals surface area contributed by atoms with Crippen molar-refractivity contribution < 1.29 is 14.3 Å². The van der Waals surface area contributed by atoms with Crippen molar-refractivity contribution in [2.24, 2.45) is 0 Å². The quantitative estimate of drug-likeness (QED) is 0.478. The van der Waals surface area contributed by atoms with Gasteiger partial charge in [0.1, 0.15) is 5.75 Å². The summed E-state index contributed by atoms with van der Waals surface area (Å²) in [7, 11) is 1.59. The molecule has 0 atom stereocenters. The van der Waals surface area contributed by atoms with Gasteiger partial charge in [-0.25, -0.2) is 0 Å². The summed E-state index contributed by atoms with van der Waals surface area (Å²) >= 11 is 0. The summed E-state index contributed by atoms with van der Waals surface area (Å²) in [6.45, 7) is 2.73. The van der Waals surface area contributed by atoms with Gasteiger partial charge in [0.05, 0.1) is 23.8 Å². The minimum absolute atomic E-state index is 0.0831. The third-order valence-electron chi connectivity index (χ3n) is 5.41. The fraction of sp³-hybridized carbons (Fsp3) is 0.261. The maximum atomic E-state index is 12.6. The maximum absolute atomic E-state index is 12.6. The molecule has 29 heavy (non-hydrogen) atoms. The maximum Gasteiger partial charge on any atom is 0.261 e. The zero-order valence-electron chi connectivity index (χ0n) is 16.5. The highest BCUT2D eigenvalue weighted by molar-refractivity contribution is 6.21. The van der Waals surface area contributed by atoms with Crippen LogP contribution in [-0.4, -0.2) is 34.9 Å². The fourth-order valence-electron chi connectivity index (χ4n) is 3.94. The van der Waals surface area contributed by atoms with Crippen LogP contribution in [0, 0.1) is 6.92 Å². The first kappa shape index (κ1) is 18.9. The molecule has 3 aromatic rings. The molecule has 2 amide bonds. The van der Waals surface area contributed by atoms with Crippen molar-refractivity contribution in [2.75, 3.05) is 13.7 Å². The fourth-order valence-corrected chi connectivity index (χ4v) is 3.94. The van der Waals surface area contributed by atoms with Crippen LogP contribution >= 0.6 is 0 Å². The Kier molecular flexibility index (Phi) is 4.92. The number of hydrogen-bond acceptors (Lipinski definition) is 4. The highest BCUT2D eigenvalue weighted by atomic mass is 16.5. The van der Waals surface area contributed by atoms with Crippen molar-refractivity contribution in [3.8, 4) is 5.75 Å². The number of hydrogen-bond donors (Lipinski definition) is 0. The Labute approximate surface area is 168 Å². The number of carbonyl (C=O) groups excluding carboxylic acids is 2. The number of rotatable bonds is 6. The van der Waals surface area contributed by atoms with Crippen LogP contribution in [0.2, 0.25) is 0 Å². The highest BCUT2D eigenvalue weighted by Gasteiger charge is 2.34. The second-order valence-electron chi connectivity index (χ2n) is 7.19. The van der Waals surface area contributed by atoms with Crippen LogP contribution < -0.4 is 10.3 Å². The van der Waals surface area contributed by atoms with E-state index in [4.69, 9.17) is 4.74 Å². The third kappa shape index (κ3) is 3.20. The molecule has 1 aliphatic rings. The van der Waals surface area contributed by atoms with Crippen molar-refractivity contribution in [2.45, 2.75) is 26.3 Å². The number of pyridine rings is 1. The van der Waals surface area contributed by atoms with Crippen LogP contribution in [0.15, 0.2) is 53.3 Å². The molecule has 0 unspecified atom stereocenters. The van der Waals surface area contributed by atoms with Crippen molar-refractivity contribution >= 4 is 22.7 Å². The van der Waals surface area contributed by atoms with E-state index in [1.807, 2.05) is 25.1 Å². The molecule has 1 aliphatic heterocycles. The lowest BCUT2D eigenvalue weighted by Crippen LogP contribution is -2.31. The summed E-state index contributed by atoms with van der Waals surface area (Å²) in [6, 6.07) is 14.2. The lowest BCUT2D eigenvalue weighted by atomic mass is 10.1. The van der Waals surface area contributed by atoms with Gasteiger partial charge in [0.15, 0.2) is 0 Å². The van der Waals surface area contributed by atoms with E-state index in [9.17, 15) is 14.4 Å². The zero-order valence-corrected chi connectivity index (χ0v) is 16.5. The third-order valence-corrected chi connectivity index (χ3v) is 5.41. The van der Waals surface area contributed by atoms with Crippen LogP contribution in [0.1, 0.15) is 39.1 Å². The van der Waals surface area contributed by atoms with E-state index in [2.05, 4.69) is 0 Å². The van der Waals surface area contributed by atoms with Crippen LogP contribution in [-0.2, 0) is 6.54 Å². The Morgan fingerprint density at radius 2 is 1.52 bits per heavy atom. The van der Waals surface area contributed by atoms with E-state index >= 15 is 0 Å². The standard InChI is InChI=1S/C23H22N2O4/c1-15-14-20(26)24(21-16(15)10-7-11-19(21)29-2)12-5-6-13-25-22(27)17-8-3-4-9-18(17)23(25)28/h3-4,7-11,14H,5-6,12-13H2,1-2H3. The predicted octanol–water partition coefficient (Wildman–Crippen LogP) is 3.39. The molecule has 6 heteroatoms. The first-order chi connectivity index (χ1) is 14.0. The molecule has 2 heterocycles. The molecule has 0 N–H and O–H groups in total.